The van der Waals surface area contributed by atoms with E-state index in [1.165, 1.54) is 0 Å². The van der Waals surface area contributed by atoms with E-state index in [0.29, 0.717) is 21.6 Å². The molecule has 0 aliphatic heterocycles. The van der Waals surface area contributed by atoms with Crippen LogP contribution in [0.25, 0.3) is 22.2 Å². The Kier molecular flexibility index (Phi) is 5.89. The van der Waals surface area contributed by atoms with Crippen molar-refractivity contribution >= 4 is 39.9 Å². The zero-order chi connectivity index (χ0) is 18.7. The summed E-state index contributed by atoms with van der Waals surface area (Å²) in [7, 11) is 0. The van der Waals surface area contributed by atoms with Gasteiger partial charge in [0, 0.05) is 23.7 Å². The van der Waals surface area contributed by atoms with Crippen LogP contribution in [0.3, 0.4) is 0 Å². The maximum atomic E-state index is 6.40. The van der Waals surface area contributed by atoms with E-state index in [1.54, 1.807) is 18.3 Å². The fourth-order valence-corrected chi connectivity index (χ4v) is 3.42. The number of hydrogen-bond donors (Lipinski definition) is 0. The Morgan fingerprint density at radius 2 is 1.92 bits per heavy atom. The van der Waals surface area contributed by atoms with Gasteiger partial charge in [-0.05, 0) is 38.5 Å². The molecule has 0 radical (unpaired) electrons. The average Bonchev–Trinajstić information content (AvgIpc) is 2.62. The van der Waals surface area contributed by atoms with Crippen molar-refractivity contribution in [3.05, 3.63) is 40.3 Å². The van der Waals surface area contributed by atoms with Gasteiger partial charge in [0.2, 0.25) is 0 Å². The minimum Gasteiger partial charge on any atom is -0.356 e. The zero-order valence-corrected chi connectivity index (χ0v) is 16.6. The summed E-state index contributed by atoms with van der Waals surface area (Å²) in [5.41, 5.74) is 2.15. The molecule has 0 saturated heterocycles. The first kappa shape index (κ1) is 18.8. The largest absolute Gasteiger partial charge is 0.356 e. The molecule has 0 N–H and O–H groups in total. The number of nitrogens with zero attached hydrogens (tertiary/aromatic N) is 5. The van der Waals surface area contributed by atoms with Crippen LogP contribution in [0.5, 0.6) is 0 Å². The quantitative estimate of drug-likeness (QED) is 0.570. The Labute approximate surface area is 163 Å². The van der Waals surface area contributed by atoms with Crippen LogP contribution >= 0.6 is 23.2 Å². The minimum atomic E-state index is 0.524. The van der Waals surface area contributed by atoms with Crippen molar-refractivity contribution in [3.8, 4) is 11.3 Å². The lowest BCUT2D eigenvalue weighted by Crippen LogP contribution is -2.25. The fourth-order valence-electron chi connectivity index (χ4n) is 2.92. The Hall–Kier alpha value is -1.98. The molecule has 7 heteroatoms. The number of aromatic nitrogens is 4. The molecule has 1 aromatic carbocycles. The van der Waals surface area contributed by atoms with Gasteiger partial charge >= 0.3 is 0 Å². The van der Waals surface area contributed by atoms with E-state index in [0.717, 1.165) is 48.2 Å². The predicted molar refractivity (Wildman–Crippen MR) is 108 cm³/mol. The first-order valence-electron chi connectivity index (χ1n) is 8.75. The Morgan fingerprint density at radius 3 is 2.62 bits per heavy atom. The summed E-state index contributed by atoms with van der Waals surface area (Å²) in [6, 6.07) is 5.34. The van der Waals surface area contributed by atoms with Gasteiger partial charge in [0.15, 0.2) is 0 Å². The highest BCUT2D eigenvalue weighted by Gasteiger charge is 2.18. The molecule has 2 aromatic heterocycles. The standard InChI is InChI=1S/C19H21Cl2N5/c1-4-6-9-26(5-2)19-15-11-22-25-18(17(15)23-12(3)24-19)14-8-7-13(20)10-16(14)21/h7-8,10-11H,4-6,9H2,1-3H3. The maximum absolute atomic E-state index is 6.40. The molecule has 0 amide bonds. The number of anilines is 1. The van der Waals surface area contributed by atoms with Gasteiger partial charge in [-0.2, -0.15) is 5.10 Å². The van der Waals surface area contributed by atoms with Crippen LogP contribution in [-0.4, -0.2) is 33.3 Å². The molecule has 26 heavy (non-hydrogen) atoms. The summed E-state index contributed by atoms with van der Waals surface area (Å²) < 4.78 is 0. The lowest BCUT2D eigenvalue weighted by Gasteiger charge is -2.23. The number of halogens is 2. The van der Waals surface area contributed by atoms with Crippen LogP contribution in [0.1, 0.15) is 32.5 Å². The highest BCUT2D eigenvalue weighted by molar-refractivity contribution is 6.36. The SMILES string of the molecule is CCCCN(CC)c1nc(C)nc2c(-c3ccc(Cl)cc3Cl)nncc12. The molecule has 0 fully saturated rings. The highest BCUT2D eigenvalue weighted by Crippen LogP contribution is 2.34. The molecule has 0 atom stereocenters. The van der Waals surface area contributed by atoms with Gasteiger partial charge in [0.25, 0.3) is 0 Å². The van der Waals surface area contributed by atoms with Crippen LogP contribution in [0.15, 0.2) is 24.4 Å². The summed E-state index contributed by atoms with van der Waals surface area (Å²) in [5, 5.41) is 10.5. The van der Waals surface area contributed by atoms with Crippen molar-refractivity contribution in [1.82, 2.24) is 20.2 Å². The summed E-state index contributed by atoms with van der Waals surface area (Å²) in [4.78, 5) is 11.6. The van der Waals surface area contributed by atoms with Crippen molar-refractivity contribution in [2.75, 3.05) is 18.0 Å². The number of aryl methyl sites for hydroxylation is 1. The molecule has 0 aliphatic rings. The molecule has 0 unspecified atom stereocenters. The Morgan fingerprint density at radius 1 is 1.12 bits per heavy atom. The van der Waals surface area contributed by atoms with Gasteiger partial charge in [0.05, 0.1) is 16.6 Å². The van der Waals surface area contributed by atoms with Gasteiger partial charge in [-0.1, -0.05) is 36.5 Å². The molecule has 0 saturated carbocycles. The second kappa shape index (κ2) is 8.14. The second-order valence-corrected chi connectivity index (χ2v) is 6.95. The van der Waals surface area contributed by atoms with Gasteiger partial charge in [0.1, 0.15) is 22.9 Å². The smallest absolute Gasteiger partial charge is 0.141 e. The second-order valence-electron chi connectivity index (χ2n) is 6.11. The topological polar surface area (TPSA) is 54.8 Å². The molecule has 3 aromatic rings. The molecule has 136 valence electrons. The molecule has 3 rings (SSSR count). The van der Waals surface area contributed by atoms with Crippen LogP contribution in [0.4, 0.5) is 5.82 Å². The predicted octanol–water partition coefficient (Wildman–Crippen LogP) is 5.33. The van der Waals surface area contributed by atoms with E-state index in [9.17, 15) is 0 Å². The molecule has 0 spiro atoms. The zero-order valence-electron chi connectivity index (χ0n) is 15.1. The van der Waals surface area contributed by atoms with E-state index in [4.69, 9.17) is 23.2 Å². The maximum Gasteiger partial charge on any atom is 0.141 e. The van der Waals surface area contributed by atoms with Gasteiger partial charge in [-0.3, -0.25) is 0 Å². The number of benzene rings is 1. The van der Waals surface area contributed by atoms with Crippen molar-refractivity contribution in [1.29, 1.82) is 0 Å². The summed E-state index contributed by atoms with van der Waals surface area (Å²) >= 11 is 12.4. The van der Waals surface area contributed by atoms with Crippen LogP contribution in [0.2, 0.25) is 10.0 Å². The third-order valence-corrected chi connectivity index (χ3v) is 4.80. The number of fused-ring (bicyclic) bond motifs is 1. The van der Waals surface area contributed by atoms with Gasteiger partial charge in [-0.15, -0.1) is 5.10 Å². The molecular formula is C19H21Cl2N5. The third kappa shape index (κ3) is 3.74. The van der Waals surface area contributed by atoms with E-state index < -0.39 is 0 Å². The average molecular weight is 390 g/mol. The third-order valence-electron chi connectivity index (χ3n) is 4.26. The lowest BCUT2D eigenvalue weighted by molar-refractivity contribution is 0.724. The molecule has 5 nitrogen and oxygen atoms in total. The van der Waals surface area contributed by atoms with Crippen LogP contribution in [0, 0.1) is 6.92 Å². The number of hydrogen-bond acceptors (Lipinski definition) is 5. The van der Waals surface area contributed by atoms with Gasteiger partial charge < -0.3 is 4.90 Å². The molecule has 2 heterocycles. The highest BCUT2D eigenvalue weighted by atomic mass is 35.5. The summed E-state index contributed by atoms with van der Waals surface area (Å²) in [6.07, 6.45) is 3.96. The summed E-state index contributed by atoms with van der Waals surface area (Å²) in [5.74, 6) is 1.59. The molecule has 0 bridgehead atoms. The first-order chi connectivity index (χ1) is 12.5. The normalized spacial score (nSPS) is 11.1. The van der Waals surface area contributed by atoms with Crippen molar-refractivity contribution in [2.24, 2.45) is 0 Å². The molecular weight excluding hydrogens is 369 g/mol. The van der Waals surface area contributed by atoms with E-state index >= 15 is 0 Å². The molecule has 0 aliphatic carbocycles. The van der Waals surface area contributed by atoms with E-state index in [1.807, 2.05) is 13.0 Å². The van der Waals surface area contributed by atoms with Crippen molar-refractivity contribution in [3.63, 3.8) is 0 Å². The lowest BCUT2D eigenvalue weighted by atomic mass is 10.1. The monoisotopic (exact) mass is 389 g/mol. The van der Waals surface area contributed by atoms with Crippen LogP contribution < -0.4 is 4.90 Å². The summed E-state index contributed by atoms with van der Waals surface area (Å²) in [6.45, 7) is 8.01. The number of unbranched alkanes of at least 4 members (excludes halogenated alkanes) is 1. The number of rotatable bonds is 6. The van der Waals surface area contributed by atoms with Gasteiger partial charge in [-0.25, -0.2) is 9.97 Å². The fraction of sp³-hybridized carbons (Fsp3) is 0.368. The van der Waals surface area contributed by atoms with Crippen molar-refractivity contribution < 1.29 is 0 Å². The van der Waals surface area contributed by atoms with E-state index in [-0.39, 0.29) is 0 Å². The van der Waals surface area contributed by atoms with Crippen LogP contribution in [-0.2, 0) is 0 Å². The minimum absolute atomic E-state index is 0.524. The Balaban J connectivity index is 2.22. The Bertz CT molecular complexity index is 929. The van der Waals surface area contributed by atoms with E-state index in [2.05, 4.69) is 38.9 Å². The van der Waals surface area contributed by atoms with Crippen molar-refractivity contribution in [2.45, 2.75) is 33.6 Å². The first-order valence-corrected chi connectivity index (χ1v) is 9.51.